The van der Waals surface area contributed by atoms with E-state index in [0.29, 0.717) is 26.4 Å². The third-order valence-corrected chi connectivity index (χ3v) is 3.36. The van der Waals surface area contributed by atoms with Gasteiger partial charge in [-0.25, -0.2) is 4.79 Å². The fraction of sp³-hybridized carbons (Fsp3) is 0.471. The predicted octanol–water partition coefficient (Wildman–Crippen LogP) is 3.00. The van der Waals surface area contributed by atoms with Gasteiger partial charge < -0.3 is 19.1 Å². The van der Waals surface area contributed by atoms with Gasteiger partial charge >= 0.3 is 6.09 Å². The minimum Gasteiger partial charge on any atom is -0.490 e. The average Bonchev–Trinajstić information content (AvgIpc) is 2.87. The van der Waals surface area contributed by atoms with Gasteiger partial charge in [-0.15, -0.1) is 6.58 Å². The molecule has 5 heteroatoms. The van der Waals surface area contributed by atoms with Gasteiger partial charge in [-0.3, -0.25) is 0 Å². The summed E-state index contributed by atoms with van der Waals surface area (Å²) in [6.07, 6.45) is 1.22. The number of hydrogen-bond donors (Lipinski definition) is 0. The molecule has 22 heavy (non-hydrogen) atoms. The molecule has 1 atom stereocenters. The summed E-state index contributed by atoms with van der Waals surface area (Å²) in [6.45, 7) is 9.51. The van der Waals surface area contributed by atoms with Gasteiger partial charge in [0.25, 0.3) is 0 Å². The van der Waals surface area contributed by atoms with Crippen LogP contribution in [0.25, 0.3) is 0 Å². The Morgan fingerprint density at radius 1 is 1.50 bits per heavy atom. The van der Waals surface area contributed by atoms with Crippen molar-refractivity contribution < 1.29 is 19.0 Å². The molecule has 0 spiro atoms. The second-order valence-corrected chi connectivity index (χ2v) is 5.51. The molecule has 120 valence electrons. The molecule has 1 saturated heterocycles. The summed E-state index contributed by atoms with van der Waals surface area (Å²) < 4.78 is 16.4. The standard InChI is InChI=1S/C17H23NO4/c1-4-8-20-11-14-6-5-7-15(9-14)21-12-16-10-18(13(2)3)17(19)22-16/h4-7,9,13,16H,1,8,10-12H2,2-3H3. The molecule has 1 unspecified atom stereocenters. The number of ether oxygens (including phenoxy) is 3. The van der Waals surface area contributed by atoms with E-state index in [-0.39, 0.29) is 18.2 Å². The molecule has 0 aromatic heterocycles. The summed E-state index contributed by atoms with van der Waals surface area (Å²) in [5.74, 6) is 0.749. The van der Waals surface area contributed by atoms with Crippen molar-refractivity contribution in [2.75, 3.05) is 19.8 Å². The second kappa shape index (κ2) is 7.84. The number of cyclic esters (lactones) is 1. The average molecular weight is 305 g/mol. The summed E-state index contributed by atoms with van der Waals surface area (Å²) in [7, 11) is 0. The van der Waals surface area contributed by atoms with Crippen molar-refractivity contribution in [2.24, 2.45) is 0 Å². The number of amides is 1. The summed E-state index contributed by atoms with van der Waals surface area (Å²) in [4.78, 5) is 13.4. The van der Waals surface area contributed by atoms with Crippen LogP contribution in [0.5, 0.6) is 5.75 Å². The van der Waals surface area contributed by atoms with Gasteiger partial charge in [0.05, 0.1) is 19.8 Å². The Morgan fingerprint density at radius 3 is 3.00 bits per heavy atom. The van der Waals surface area contributed by atoms with E-state index in [1.165, 1.54) is 0 Å². The molecule has 1 aliphatic heterocycles. The Bertz CT molecular complexity index is 515. The minimum atomic E-state index is -0.268. The molecule has 0 saturated carbocycles. The lowest BCUT2D eigenvalue weighted by atomic mass is 10.2. The summed E-state index contributed by atoms with van der Waals surface area (Å²) >= 11 is 0. The van der Waals surface area contributed by atoms with E-state index in [1.54, 1.807) is 11.0 Å². The van der Waals surface area contributed by atoms with Crippen molar-refractivity contribution in [3.8, 4) is 5.75 Å². The van der Waals surface area contributed by atoms with Crippen LogP contribution in [-0.4, -0.2) is 42.9 Å². The maximum Gasteiger partial charge on any atom is 0.410 e. The van der Waals surface area contributed by atoms with Crippen molar-refractivity contribution in [3.63, 3.8) is 0 Å². The highest BCUT2D eigenvalue weighted by Gasteiger charge is 2.33. The van der Waals surface area contributed by atoms with Crippen LogP contribution in [0, 0.1) is 0 Å². The van der Waals surface area contributed by atoms with Gasteiger partial charge in [-0.1, -0.05) is 18.2 Å². The smallest absolute Gasteiger partial charge is 0.410 e. The van der Waals surface area contributed by atoms with E-state index in [4.69, 9.17) is 14.2 Å². The van der Waals surface area contributed by atoms with Gasteiger partial charge in [0, 0.05) is 6.04 Å². The molecule has 1 fully saturated rings. The van der Waals surface area contributed by atoms with E-state index in [1.807, 2.05) is 38.1 Å². The molecule has 1 aromatic rings. The Hall–Kier alpha value is -2.01. The van der Waals surface area contributed by atoms with E-state index < -0.39 is 0 Å². The predicted molar refractivity (Wildman–Crippen MR) is 83.9 cm³/mol. The number of carbonyl (C=O) groups is 1. The van der Waals surface area contributed by atoms with E-state index >= 15 is 0 Å². The molecule has 5 nitrogen and oxygen atoms in total. The van der Waals surface area contributed by atoms with Crippen molar-refractivity contribution in [1.82, 2.24) is 4.90 Å². The van der Waals surface area contributed by atoms with E-state index in [2.05, 4.69) is 6.58 Å². The Kier molecular flexibility index (Phi) is 5.83. The summed E-state index contributed by atoms with van der Waals surface area (Å²) in [6, 6.07) is 7.85. The summed E-state index contributed by atoms with van der Waals surface area (Å²) in [5, 5.41) is 0. The first-order valence-corrected chi connectivity index (χ1v) is 7.47. The highest BCUT2D eigenvalue weighted by molar-refractivity contribution is 5.70. The highest BCUT2D eigenvalue weighted by atomic mass is 16.6. The molecular formula is C17H23NO4. The Labute approximate surface area is 131 Å². The zero-order valence-corrected chi connectivity index (χ0v) is 13.2. The zero-order chi connectivity index (χ0) is 15.9. The second-order valence-electron chi connectivity index (χ2n) is 5.51. The molecule has 1 aliphatic rings. The molecule has 2 rings (SSSR count). The van der Waals surface area contributed by atoms with Gasteiger partial charge in [0.2, 0.25) is 0 Å². The molecule has 1 heterocycles. The lowest BCUT2D eigenvalue weighted by molar-refractivity contribution is 0.102. The quantitative estimate of drug-likeness (QED) is 0.547. The molecule has 0 radical (unpaired) electrons. The maximum atomic E-state index is 11.7. The number of rotatable bonds is 8. The lowest BCUT2D eigenvalue weighted by Gasteiger charge is -2.17. The highest BCUT2D eigenvalue weighted by Crippen LogP contribution is 2.18. The third-order valence-electron chi connectivity index (χ3n) is 3.36. The van der Waals surface area contributed by atoms with Crippen LogP contribution in [-0.2, 0) is 16.1 Å². The minimum absolute atomic E-state index is 0.142. The first-order valence-electron chi connectivity index (χ1n) is 7.47. The maximum absolute atomic E-state index is 11.7. The Morgan fingerprint density at radius 2 is 2.32 bits per heavy atom. The molecule has 0 aliphatic carbocycles. The van der Waals surface area contributed by atoms with Crippen molar-refractivity contribution in [2.45, 2.75) is 32.6 Å². The zero-order valence-electron chi connectivity index (χ0n) is 13.2. The molecular weight excluding hydrogens is 282 g/mol. The van der Waals surface area contributed by atoms with Gasteiger partial charge in [-0.2, -0.15) is 0 Å². The van der Waals surface area contributed by atoms with Crippen LogP contribution in [0.15, 0.2) is 36.9 Å². The van der Waals surface area contributed by atoms with Crippen molar-refractivity contribution in [1.29, 1.82) is 0 Å². The van der Waals surface area contributed by atoms with Crippen molar-refractivity contribution >= 4 is 6.09 Å². The number of hydrogen-bond acceptors (Lipinski definition) is 4. The first-order chi connectivity index (χ1) is 10.6. The number of benzene rings is 1. The topological polar surface area (TPSA) is 48.0 Å². The number of carbonyl (C=O) groups excluding carboxylic acids is 1. The van der Waals surface area contributed by atoms with Crippen LogP contribution < -0.4 is 4.74 Å². The van der Waals surface area contributed by atoms with Crippen LogP contribution in [0.2, 0.25) is 0 Å². The molecule has 1 aromatic carbocycles. The van der Waals surface area contributed by atoms with Crippen LogP contribution >= 0.6 is 0 Å². The first kappa shape index (κ1) is 16.4. The van der Waals surface area contributed by atoms with E-state index in [9.17, 15) is 4.79 Å². The summed E-state index contributed by atoms with van der Waals surface area (Å²) in [5.41, 5.74) is 1.03. The molecule has 0 bridgehead atoms. The fourth-order valence-electron chi connectivity index (χ4n) is 2.22. The lowest BCUT2D eigenvalue weighted by Crippen LogP contribution is -2.32. The molecule has 0 N–H and O–H groups in total. The largest absolute Gasteiger partial charge is 0.490 e. The molecule has 1 amide bonds. The van der Waals surface area contributed by atoms with Crippen LogP contribution in [0.3, 0.4) is 0 Å². The third kappa shape index (κ3) is 4.49. The van der Waals surface area contributed by atoms with Gasteiger partial charge in [-0.05, 0) is 31.5 Å². The fourth-order valence-corrected chi connectivity index (χ4v) is 2.22. The van der Waals surface area contributed by atoms with Crippen molar-refractivity contribution in [3.05, 3.63) is 42.5 Å². The van der Waals surface area contributed by atoms with Gasteiger partial charge in [0.15, 0.2) is 6.10 Å². The Balaban J connectivity index is 1.83. The monoisotopic (exact) mass is 305 g/mol. The van der Waals surface area contributed by atoms with E-state index in [0.717, 1.165) is 11.3 Å². The van der Waals surface area contributed by atoms with Crippen LogP contribution in [0.4, 0.5) is 4.79 Å². The van der Waals surface area contributed by atoms with Gasteiger partial charge in [0.1, 0.15) is 12.4 Å². The number of nitrogens with zero attached hydrogens (tertiary/aromatic N) is 1. The normalized spacial score (nSPS) is 17.7. The SMILES string of the molecule is C=CCOCc1cccc(OCC2CN(C(C)C)C(=O)O2)c1. The van der Waals surface area contributed by atoms with Crippen LogP contribution in [0.1, 0.15) is 19.4 Å².